The van der Waals surface area contributed by atoms with Gasteiger partial charge in [0, 0.05) is 36.8 Å². The average molecular weight is 288 g/mol. The first kappa shape index (κ1) is 14.7. The highest BCUT2D eigenvalue weighted by Crippen LogP contribution is 2.04. The number of carboxylic acids is 1. The number of hydrogen-bond donors (Lipinski definition) is 1. The molecule has 7 heteroatoms. The van der Waals surface area contributed by atoms with Gasteiger partial charge in [0.05, 0.1) is 12.9 Å². The van der Waals surface area contributed by atoms with Gasteiger partial charge in [-0.1, -0.05) is 5.16 Å². The summed E-state index contributed by atoms with van der Waals surface area (Å²) in [6, 6.07) is 3.71. The number of rotatable bonds is 8. The van der Waals surface area contributed by atoms with Gasteiger partial charge in [0.1, 0.15) is 12.3 Å². The van der Waals surface area contributed by atoms with Crippen molar-refractivity contribution in [2.75, 3.05) is 6.61 Å². The summed E-state index contributed by atoms with van der Waals surface area (Å²) < 4.78 is 1.87. The number of carboxylic acid groups (broad SMARTS) is 1. The molecular weight excluding hydrogens is 272 g/mol. The van der Waals surface area contributed by atoms with E-state index in [9.17, 15) is 4.79 Å². The Balaban J connectivity index is 2.00. The molecule has 0 atom stereocenters. The highest BCUT2D eigenvalue weighted by molar-refractivity contribution is 5.99. The molecule has 21 heavy (non-hydrogen) atoms. The fourth-order valence-corrected chi connectivity index (χ4v) is 1.67. The van der Waals surface area contributed by atoms with Crippen LogP contribution in [-0.2, 0) is 16.2 Å². The van der Waals surface area contributed by atoms with Crippen molar-refractivity contribution in [1.82, 2.24) is 14.5 Å². The lowest BCUT2D eigenvalue weighted by molar-refractivity contribution is -0.137. The first-order valence-corrected chi connectivity index (χ1v) is 6.52. The number of pyridine rings is 1. The first-order valence-electron chi connectivity index (χ1n) is 6.52. The largest absolute Gasteiger partial charge is 0.481 e. The number of hydrogen-bond acceptors (Lipinski definition) is 5. The summed E-state index contributed by atoms with van der Waals surface area (Å²) in [5, 5.41) is 12.7. The molecule has 2 aromatic heterocycles. The summed E-state index contributed by atoms with van der Waals surface area (Å²) in [4.78, 5) is 23.7. The van der Waals surface area contributed by atoms with E-state index in [0.29, 0.717) is 18.7 Å². The van der Waals surface area contributed by atoms with E-state index < -0.39 is 5.97 Å². The molecule has 0 aromatic carbocycles. The number of aliphatic carboxylic acids is 1. The highest BCUT2D eigenvalue weighted by atomic mass is 16.6. The Labute approximate surface area is 121 Å². The lowest BCUT2D eigenvalue weighted by Crippen LogP contribution is -2.12. The molecule has 0 saturated heterocycles. The zero-order valence-electron chi connectivity index (χ0n) is 11.4. The third-order valence-electron chi connectivity index (χ3n) is 2.69. The molecule has 0 fully saturated rings. The van der Waals surface area contributed by atoms with Crippen molar-refractivity contribution in [2.24, 2.45) is 5.16 Å². The van der Waals surface area contributed by atoms with Crippen molar-refractivity contribution in [3.63, 3.8) is 0 Å². The number of nitrogens with zero attached hydrogens (tertiary/aromatic N) is 4. The van der Waals surface area contributed by atoms with Gasteiger partial charge in [0.2, 0.25) is 0 Å². The summed E-state index contributed by atoms with van der Waals surface area (Å²) in [5.41, 5.74) is 1.56. The van der Waals surface area contributed by atoms with Gasteiger partial charge < -0.3 is 14.5 Å². The van der Waals surface area contributed by atoms with E-state index in [-0.39, 0.29) is 13.0 Å². The molecule has 0 unspecified atom stereocenters. The van der Waals surface area contributed by atoms with E-state index in [4.69, 9.17) is 9.94 Å². The fraction of sp³-hybridized carbons (Fsp3) is 0.286. The molecule has 2 heterocycles. The maximum Gasteiger partial charge on any atom is 0.303 e. The van der Waals surface area contributed by atoms with Crippen molar-refractivity contribution >= 4 is 11.7 Å². The number of carbonyl (C=O) groups is 1. The van der Waals surface area contributed by atoms with Gasteiger partial charge >= 0.3 is 5.97 Å². The molecule has 0 aliphatic carbocycles. The smallest absolute Gasteiger partial charge is 0.303 e. The van der Waals surface area contributed by atoms with Crippen LogP contribution in [-0.4, -0.2) is 37.9 Å². The monoisotopic (exact) mass is 288 g/mol. The molecule has 7 nitrogen and oxygen atoms in total. The molecule has 110 valence electrons. The van der Waals surface area contributed by atoms with Crippen molar-refractivity contribution in [3.05, 3.63) is 48.8 Å². The predicted molar refractivity (Wildman–Crippen MR) is 75.8 cm³/mol. The molecular formula is C14H16N4O3. The van der Waals surface area contributed by atoms with Crippen LogP contribution >= 0.6 is 0 Å². The van der Waals surface area contributed by atoms with Crippen LogP contribution in [0.4, 0.5) is 0 Å². The summed E-state index contributed by atoms with van der Waals surface area (Å²) in [5.74, 6) is -0.839. The lowest BCUT2D eigenvalue weighted by Gasteiger charge is -2.07. The Kier molecular flexibility index (Phi) is 5.45. The van der Waals surface area contributed by atoms with Crippen LogP contribution in [0, 0.1) is 0 Å². The van der Waals surface area contributed by atoms with Crippen molar-refractivity contribution in [3.8, 4) is 0 Å². The predicted octanol–water partition coefficient (Wildman–Crippen LogP) is 1.56. The number of imidazole rings is 1. The normalized spacial score (nSPS) is 11.3. The van der Waals surface area contributed by atoms with E-state index in [1.54, 1.807) is 24.9 Å². The molecule has 0 aliphatic heterocycles. The second kappa shape index (κ2) is 7.78. The van der Waals surface area contributed by atoms with Gasteiger partial charge in [0.15, 0.2) is 0 Å². The van der Waals surface area contributed by atoms with E-state index in [0.717, 1.165) is 5.56 Å². The van der Waals surface area contributed by atoms with Crippen LogP contribution in [0.2, 0.25) is 0 Å². The van der Waals surface area contributed by atoms with Gasteiger partial charge in [-0.3, -0.25) is 9.78 Å². The molecule has 0 aliphatic rings. The molecule has 0 bridgehead atoms. The van der Waals surface area contributed by atoms with Crippen LogP contribution in [0.15, 0.2) is 48.4 Å². The van der Waals surface area contributed by atoms with Gasteiger partial charge in [-0.2, -0.15) is 0 Å². The maximum atomic E-state index is 10.4. The Bertz CT molecular complexity index is 582. The maximum absolute atomic E-state index is 10.4. The number of oxime groups is 1. The van der Waals surface area contributed by atoms with E-state index in [2.05, 4.69) is 15.1 Å². The highest BCUT2D eigenvalue weighted by Gasteiger charge is 2.06. The van der Waals surface area contributed by atoms with E-state index in [1.807, 2.05) is 22.9 Å². The zero-order valence-corrected chi connectivity index (χ0v) is 11.4. The minimum atomic E-state index is -0.839. The van der Waals surface area contributed by atoms with Crippen LogP contribution in [0.25, 0.3) is 0 Å². The Hall–Kier alpha value is -2.70. The SMILES string of the molecule is O=C(O)CCCON=C(Cn1ccnc1)c1cccnc1. The van der Waals surface area contributed by atoms with Crippen LogP contribution < -0.4 is 0 Å². The molecule has 1 N–H and O–H groups in total. The Morgan fingerprint density at radius 2 is 2.29 bits per heavy atom. The van der Waals surface area contributed by atoms with Crippen molar-refractivity contribution in [1.29, 1.82) is 0 Å². The van der Waals surface area contributed by atoms with Gasteiger partial charge in [-0.15, -0.1) is 0 Å². The first-order chi connectivity index (χ1) is 10.3. The quantitative estimate of drug-likeness (QED) is 0.452. The van der Waals surface area contributed by atoms with Gasteiger partial charge in [-0.25, -0.2) is 4.98 Å². The third kappa shape index (κ3) is 5.06. The Morgan fingerprint density at radius 3 is 2.95 bits per heavy atom. The topological polar surface area (TPSA) is 89.6 Å². The standard InChI is InChI=1S/C14H16N4O3/c19-14(20)4-2-8-21-17-13(10-18-7-6-16-11-18)12-3-1-5-15-9-12/h1,3,5-7,9,11H,2,4,8,10H2,(H,19,20). The third-order valence-corrected chi connectivity index (χ3v) is 2.69. The molecule has 2 rings (SSSR count). The fourth-order valence-electron chi connectivity index (χ4n) is 1.67. The molecule has 0 radical (unpaired) electrons. The molecule has 0 saturated carbocycles. The summed E-state index contributed by atoms with van der Waals surface area (Å²) in [6.45, 7) is 0.768. The summed E-state index contributed by atoms with van der Waals surface area (Å²) >= 11 is 0. The minimum Gasteiger partial charge on any atom is -0.481 e. The van der Waals surface area contributed by atoms with E-state index >= 15 is 0 Å². The lowest BCUT2D eigenvalue weighted by atomic mass is 10.2. The van der Waals surface area contributed by atoms with Gasteiger partial charge in [0.25, 0.3) is 0 Å². The summed E-state index contributed by atoms with van der Waals surface area (Å²) in [6.07, 6.45) is 9.09. The summed E-state index contributed by atoms with van der Waals surface area (Å²) in [7, 11) is 0. The van der Waals surface area contributed by atoms with Crippen LogP contribution in [0.1, 0.15) is 18.4 Å². The second-order valence-corrected chi connectivity index (χ2v) is 4.35. The molecule has 0 amide bonds. The molecule has 2 aromatic rings. The molecule has 0 spiro atoms. The van der Waals surface area contributed by atoms with E-state index in [1.165, 1.54) is 0 Å². The van der Waals surface area contributed by atoms with Gasteiger partial charge in [-0.05, 0) is 18.6 Å². The zero-order chi connectivity index (χ0) is 14.9. The Morgan fingerprint density at radius 1 is 1.38 bits per heavy atom. The average Bonchev–Trinajstić information content (AvgIpc) is 2.99. The minimum absolute atomic E-state index is 0.0687. The van der Waals surface area contributed by atoms with Crippen LogP contribution in [0.5, 0.6) is 0 Å². The number of aromatic nitrogens is 3. The second-order valence-electron chi connectivity index (χ2n) is 4.35. The van der Waals surface area contributed by atoms with Crippen molar-refractivity contribution < 1.29 is 14.7 Å². The van der Waals surface area contributed by atoms with Crippen LogP contribution in [0.3, 0.4) is 0 Å². The van der Waals surface area contributed by atoms with Crippen molar-refractivity contribution in [2.45, 2.75) is 19.4 Å².